The number of likely N-dealkylation sites (N-methyl/N-ethyl adjacent to an activating group) is 2. The van der Waals surface area contributed by atoms with Crippen LogP contribution in [-0.4, -0.2) is 133 Å². The van der Waals surface area contributed by atoms with Crippen molar-refractivity contribution in [1.82, 2.24) is 52.3 Å². The van der Waals surface area contributed by atoms with Crippen LogP contribution in [0.15, 0.2) is 48.5 Å². The molecule has 438 valence electrons. The van der Waals surface area contributed by atoms with Crippen molar-refractivity contribution in [1.29, 1.82) is 0 Å². The van der Waals surface area contributed by atoms with E-state index in [-0.39, 0.29) is 71.2 Å². The van der Waals surface area contributed by atoms with E-state index in [9.17, 15) is 38.4 Å². The molecule has 8 N–H and O–H groups in total. The molecule has 0 aromatic heterocycles. The zero-order valence-corrected chi connectivity index (χ0v) is 48.1. The topological polar surface area (TPSA) is 239 Å². The maximum atomic E-state index is 14.3. The summed E-state index contributed by atoms with van der Waals surface area (Å²) in [6, 6.07) is 10.7. The molecule has 2 aromatic rings. The summed E-state index contributed by atoms with van der Waals surface area (Å²) in [4.78, 5) is 114. The fraction of sp³-hybridized carbons (Fsp3) is 0.677. The molecule has 0 radical (unpaired) electrons. The molecule has 10 atom stereocenters. The predicted molar refractivity (Wildman–Crippen MR) is 306 cm³/mol. The summed E-state index contributed by atoms with van der Waals surface area (Å²) in [6.45, 7) is 4.44. The van der Waals surface area contributed by atoms with Gasteiger partial charge in [-0.25, -0.2) is 0 Å². The van der Waals surface area contributed by atoms with Gasteiger partial charge in [0, 0.05) is 25.9 Å². The van der Waals surface area contributed by atoms with Crippen LogP contribution in [0.5, 0.6) is 0 Å². The average Bonchev–Trinajstić information content (AvgIpc) is 4.31. The molecule has 4 aliphatic carbocycles. The Kier molecular flexibility index (Phi) is 22.0. The van der Waals surface area contributed by atoms with Gasteiger partial charge < -0.3 is 52.3 Å². The van der Waals surface area contributed by atoms with Gasteiger partial charge in [-0.3, -0.25) is 38.4 Å². The predicted octanol–water partition coefficient (Wildman–Crippen LogP) is 5.23. The largest absolute Gasteiger partial charge is 0.351 e. The smallest absolute Gasteiger partial charge is 0.246 e. The summed E-state index contributed by atoms with van der Waals surface area (Å²) >= 11 is 0. The fourth-order valence-corrected chi connectivity index (χ4v) is 13.6. The molecule has 0 bridgehead atoms. The number of amides is 8. The molecule has 6 aliphatic rings. The Bertz CT molecular complexity index is 2310. The highest BCUT2D eigenvalue weighted by Crippen LogP contribution is 2.36. The van der Waals surface area contributed by atoms with Crippen molar-refractivity contribution in [2.75, 3.05) is 27.2 Å². The van der Waals surface area contributed by atoms with Gasteiger partial charge in [-0.05, 0) is 139 Å². The van der Waals surface area contributed by atoms with E-state index in [0.717, 1.165) is 112 Å². The van der Waals surface area contributed by atoms with Crippen LogP contribution in [0.1, 0.15) is 189 Å². The first-order valence-corrected chi connectivity index (χ1v) is 30.7. The maximum Gasteiger partial charge on any atom is 0.246 e. The Hall–Kier alpha value is -5.88. The van der Waals surface area contributed by atoms with E-state index in [4.69, 9.17) is 0 Å². The van der Waals surface area contributed by atoms with Crippen LogP contribution in [0.3, 0.4) is 0 Å². The standard InChI is InChI=1S/C62H92N10O8/c1-39(63-3)57(75)67-53(41-23-11-9-12-24-41)61(79)71-35-21-31-49(71)59(77)69-55-45-29-19-17-27-43(45)37-47(55)65-51(73)33-15-7-5-6-8-16-34-52(74)66-48-38-44-28-18-20-30-46(44)56(48)70-60(78)50-32-22-36-72(50)62(80)54(42-25-13-10-14-26-42)68-58(76)40(2)64-4/h17-20,27-30,39-42,47-50,53-56,63-64H,5-16,21-26,31-38H2,1-4H3,(H,65,73)(H,66,74)(H,67,75)(H,68,76)(H,69,77)(H,70,78)/t39-,40-,47+,48+,49-,50-,53-,54-,55-,56-/m0/s1. The minimum absolute atomic E-state index is 0.0204. The van der Waals surface area contributed by atoms with Gasteiger partial charge in [-0.1, -0.05) is 113 Å². The van der Waals surface area contributed by atoms with E-state index in [1.165, 1.54) is 0 Å². The molecule has 2 aromatic carbocycles. The minimum atomic E-state index is -0.686. The van der Waals surface area contributed by atoms with E-state index >= 15 is 0 Å². The summed E-state index contributed by atoms with van der Waals surface area (Å²) in [7, 11) is 3.44. The second-order valence-electron chi connectivity index (χ2n) is 23.9. The Morgan fingerprint density at radius 3 is 1.24 bits per heavy atom. The van der Waals surface area contributed by atoms with Crippen molar-refractivity contribution in [2.24, 2.45) is 11.8 Å². The molecular weight excluding hydrogens is 1010 g/mol. The summed E-state index contributed by atoms with van der Waals surface area (Å²) in [5.41, 5.74) is 4.06. The van der Waals surface area contributed by atoms with E-state index < -0.39 is 48.3 Å². The van der Waals surface area contributed by atoms with Crippen LogP contribution in [0.25, 0.3) is 0 Å². The first kappa shape index (κ1) is 60.2. The van der Waals surface area contributed by atoms with Gasteiger partial charge in [0.2, 0.25) is 47.3 Å². The van der Waals surface area contributed by atoms with Crippen molar-refractivity contribution in [2.45, 2.75) is 228 Å². The zero-order chi connectivity index (χ0) is 56.7. The Labute approximate surface area is 474 Å². The number of nitrogens with zero attached hydrogens (tertiary/aromatic N) is 2. The highest BCUT2D eigenvalue weighted by Gasteiger charge is 2.45. The molecule has 18 nitrogen and oxygen atoms in total. The molecule has 18 heteroatoms. The lowest BCUT2D eigenvalue weighted by atomic mass is 9.83. The van der Waals surface area contributed by atoms with E-state index in [2.05, 4.69) is 42.5 Å². The number of carbonyl (C=O) groups is 8. The van der Waals surface area contributed by atoms with Crippen molar-refractivity contribution in [3.05, 3.63) is 70.8 Å². The third-order valence-corrected chi connectivity index (χ3v) is 18.5. The van der Waals surface area contributed by atoms with Crippen LogP contribution < -0.4 is 42.5 Å². The van der Waals surface area contributed by atoms with Crippen LogP contribution in [0.2, 0.25) is 0 Å². The number of likely N-dealkylation sites (tertiary alicyclic amines) is 2. The lowest BCUT2D eigenvalue weighted by molar-refractivity contribution is -0.143. The first-order chi connectivity index (χ1) is 38.8. The van der Waals surface area contributed by atoms with Crippen LogP contribution in [0.4, 0.5) is 0 Å². The highest BCUT2D eigenvalue weighted by atomic mass is 16.2. The van der Waals surface area contributed by atoms with E-state index in [1.54, 1.807) is 37.7 Å². The SMILES string of the molecule is CN[C@@H](C)C(=O)N[C@H](C(=O)N1CCC[C@H]1C(=O)N[C@H]1c2ccccc2C[C@H]1NC(=O)CCCCCCCCC(=O)N[C@@H]1Cc2ccccc2[C@@H]1NC(=O)[C@@H]1CCCN1C(=O)[C@@H](NC(=O)[C@H](C)NC)C1CCCCC1)C1CCCCC1. The van der Waals surface area contributed by atoms with Gasteiger partial charge in [0.1, 0.15) is 24.2 Å². The molecule has 0 unspecified atom stereocenters. The van der Waals surface area contributed by atoms with Crippen molar-refractivity contribution in [3.63, 3.8) is 0 Å². The van der Waals surface area contributed by atoms with Crippen LogP contribution >= 0.6 is 0 Å². The third kappa shape index (κ3) is 15.2. The Morgan fingerprint density at radius 1 is 0.475 bits per heavy atom. The van der Waals surface area contributed by atoms with Gasteiger partial charge in [-0.15, -0.1) is 0 Å². The summed E-state index contributed by atoms with van der Waals surface area (Å²) in [6.07, 6.45) is 19.0. The normalized spacial score (nSPS) is 24.4. The van der Waals surface area contributed by atoms with Crippen LogP contribution in [-0.2, 0) is 51.2 Å². The number of carbonyl (C=O) groups excluding carboxylic acids is 8. The molecule has 2 saturated carbocycles. The average molecular weight is 1110 g/mol. The van der Waals surface area contributed by atoms with Crippen LogP contribution in [0, 0.1) is 11.8 Å². The minimum Gasteiger partial charge on any atom is -0.351 e. The second kappa shape index (κ2) is 29.2. The monoisotopic (exact) mass is 1100 g/mol. The lowest BCUT2D eigenvalue weighted by Gasteiger charge is -2.35. The van der Waals surface area contributed by atoms with Gasteiger partial charge in [0.05, 0.1) is 36.3 Å². The molecule has 2 aliphatic heterocycles. The molecule has 2 heterocycles. The van der Waals surface area contributed by atoms with Crippen molar-refractivity contribution in [3.8, 4) is 0 Å². The summed E-state index contributed by atoms with van der Waals surface area (Å²) in [5, 5.41) is 25.1. The molecule has 0 spiro atoms. The molecule has 8 amide bonds. The number of unbranched alkanes of at least 4 members (excludes halogenated alkanes) is 5. The van der Waals surface area contributed by atoms with Crippen molar-refractivity contribution >= 4 is 47.3 Å². The molecule has 80 heavy (non-hydrogen) atoms. The maximum absolute atomic E-state index is 14.3. The number of rotatable bonds is 25. The fourth-order valence-electron chi connectivity index (χ4n) is 13.6. The summed E-state index contributed by atoms with van der Waals surface area (Å²) < 4.78 is 0. The quantitative estimate of drug-likeness (QED) is 0.0603. The number of hydrogen-bond acceptors (Lipinski definition) is 10. The highest BCUT2D eigenvalue weighted by molar-refractivity contribution is 5.95. The molecule has 4 fully saturated rings. The molecule has 8 rings (SSSR count). The van der Waals surface area contributed by atoms with E-state index in [0.29, 0.717) is 77.3 Å². The zero-order valence-electron chi connectivity index (χ0n) is 48.1. The number of hydrogen-bond donors (Lipinski definition) is 8. The molecule has 2 saturated heterocycles. The van der Waals surface area contributed by atoms with Gasteiger partial charge in [0.15, 0.2) is 0 Å². The lowest BCUT2D eigenvalue weighted by Crippen LogP contribution is -2.58. The van der Waals surface area contributed by atoms with E-state index in [1.807, 2.05) is 48.5 Å². The number of nitrogens with one attached hydrogen (secondary N) is 8. The summed E-state index contributed by atoms with van der Waals surface area (Å²) in [5.74, 6) is -1.42. The Balaban J connectivity index is 0.767. The Morgan fingerprint density at radius 2 is 0.850 bits per heavy atom. The van der Waals surface area contributed by atoms with Crippen molar-refractivity contribution < 1.29 is 38.4 Å². The van der Waals surface area contributed by atoms with Gasteiger partial charge in [0.25, 0.3) is 0 Å². The first-order valence-electron chi connectivity index (χ1n) is 30.7. The molecular formula is C62H92N10O8. The second-order valence-corrected chi connectivity index (χ2v) is 23.9. The van der Waals surface area contributed by atoms with Gasteiger partial charge in [-0.2, -0.15) is 0 Å². The van der Waals surface area contributed by atoms with Gasteiger partial charge >= 0.3 is 0 Å². The number of fused-ring (bicyclic) bond motifs is 2. The number of benzene rings is 2. The third-order valence-electron chi connectivity index (χ3n) is 18.5.